The molecule has 1 rings (SSSR count). The fourth-order valence-electron chi connectivity index (χ4n) is 9.17. The summed E-state index contributed by atoms with van der Waals surface area (Å²) in [5.74, 6) is -0.215. The summed E-state index contributed by atoms with van der Waals surface area (Å²) in [5, 5.41) is 54.2. The monoisotopic (exact) mass is 1040 g/mol. The lowest BCUT2D eigenvalue weighted by Gasteiger charge is -2.40. The molecule has 1 fully saturated rings. The Kier molecular flexibility index (Phi) is 49.1. The molecule has 430 valence electrons. The van der Waals surface area contributed by atoms with Crippen molar-refractivity contribution in [3.8, 4) is 0 Å². The summed E-state index contributed by atoms with van der Waals surface area (Å²) in [5.41, 5.74) is 0. The summed E-state index contributed by atoms with van der Waals surface area (Å²) in [6, 6.07) is -0.832. The summed E-state index contributed by atoms with van der Waals surface area (Å²) in [4.78, 5) is 25.0. The summed E-state index contributed by atoms with van der Waals surface area (Å²) in [6.45, 7) is 4.24. The second-order valence-corrected chi connectivity index (χ2v) is 21.0. The fraction of sp³-hybridized carbons (Fsp3) is 0.810. The second kappa shape index (κ2) is 52.4. The molecule has 11 nitrogen and oxygen atoms in total. The highest BCUT2D eigenvalue weighted by Gasteiger charge is 2.44. The maximum Gasteiger partial charge on any atom is 0.305 e. The first-order valence-corrected chi connectivity index (χ1v) is 30.6. The van der Waals surface area contributed by atoms with Gasteiger partial charge in [0.05, 0.1) is 32.0 Å². The summed E-state index contributed by atoms with van der Waals surface area (Å²) >= 11 is 0. The van der Waals surface area contributed by atoms with E-state index in [0.717, 1.165) is 83.5 Å². The van der Waals surface area contributed by atoms with Gasteiger partial charge >= 0.3 is 5.97 Å². The Balaban J connectivity index is 2.04. The molecule has 0 aromatic rings. The van der Waals surface area contributed by atoms with E-state index in [9.17, 15) is 35.1 Å². The van der Waals surface area contributed by atoms with Gasteiger partial charge in [0.25, 0.3) is 0 Å². The van der Waals surface area contributed by atoms with Gasteiger partial charge in [-0.3, -0.25) is 9.59 Å². The van der Waals surface area contributed by atoms with Crippen LogP contribution in [-0.4, -0.2) is 100 Å². The molecule has 74 heavy (non-hydrogen) atoms. The molecule has 7 unspecified atom stereocenters. The number of amides is 1. The number of hydrogen-bond acceptors (Lipinski definition) is 10. The van der Waals surface area contributed by atoms with Gasteiger partial charge in [0.15, 0.2) is 6.29 Å². The van der Waals surface area contributed by atoms with Gasteiger partial charge in [-0.1, -0.05) is 216 Å². The van der Waals surface area contributed by atoms with Crippen LogP contribution < -0.4 is 5.32 Å². The van der Waals surface area contributed by atoms with E-state index < -0.39 is 49.5 Å². The minimum Gasteiger partial charge on any atom is -0.466 e. The number of hydrogen-bond donors (Lipinski definition) is 6. The minimum atomic E-state index is -1.58. The van der Waals surface area contributed by atoms with E-state index in [0.29, 0.717) is 19.4 Å². The second-order valence-electron chi connectivity index (χ2n) is 21.0. The van der Waals surface area contributed by atoms with Crippen molar-refractivity contribution < 1.29 is 49.3 Å². The Bertz CT molecular complexity index is 1410. The molecule has 0 saturated carbocycles. The summed E-state index contributed by atoms with van der Waals surface area (Å²) in [6.07, 6.45) is 57.6. The Morgan fingerprint density at radius 1 is 0.500 bits per heavy atom. The van der Waals surface area contributed by atoms with Crippen LogP contribution in [0.15, 0.2) is 60.8 Å². The molecule has 1 heterocycles. The first-order valence-electron chi connectivity index (χ1n) is 30.6. The van der Waals surface area contributed by atoms with Gasteiger partial charge in [0, 0.05) is 12.8 Å². The lowest BCUT2D eigenvalue weighted by molar-refractivity contribution is -0.302. The molecular weight excluding hydrogens is 931 g/mol. The highest BCUT2D eigenvalue weighted by atomic mass is 16.7. The molecule has 11 heteroatoms. The first-order chi connectivity index (χ1) is 36.2. The van der Waals surface area contributed by atoms with Crippen molar-refractivity contribution in [3.05, 3.63) is 60.8 Å². The van der Waals surface area contributed by atoms with Crippen LogP contribution in [0.25, 0.3) is 0 Å². The zero-order valence-corrected chi connectivity index (χ0v) is 47.3. The molecule has 0 aromatic carbocycles. The third-order valence-corrected chi connectivity index (χ3v) is 14.1. The molecule has 1 saturated heterocycles. The first kappa shape index (κ1) is 69.4. The van der Waals surface area contributed by atoms with Gasteiger partial charge in [0.2, 0.25) is 5.91 Å². The number of carbonyl (C=O) groups is 2. The van der Waals surface area contributed by atoms with Gasteiger partial charge in [-0.25, -0.2) is 0 Å². The predicted octanol–water partition coefficient (Wildman–Crippen LogP) is 14.2. The fourth-order valence-corrected chi connectivity index (χ4v) is 9.17. The molecule has 0 aromatic heterocycles. The van der Waals surface area contributed by atoms with E-state index in [2.05, 4.69) is 67.8 Å². The van der Waals surface area contributed by atoms with E-state index >= 15 is 0 Å². The zero-order chi connectivity index (χ0) is 53.8. The molecule has 0 bridgehead atoms. The number of ether oxygens (including phenoxy) is 3. The van der Waals surface area contributed by atoms with Crippen molar-refractivity contribution in [2.75, 3.05) is 19.8 Å². The van der Waals surface area contributed by atoms with Gasteiger partial charge in [-0.05, 0) is 96.3 Å². The molecule has 1 amide bonds. The summed E-state index contributed by atoms with van der Waals surface area (Å²) < 4.78 is 16.6. The largest absolute Gasteiger partial charge is 0.466 e. The minimum absolute atomic E-state index is 0.0139. The van der Waals surface area contributed by atoms with Crippen LogP contribution >= 0.6 is 0 Å². The molecule has 6 N–H and O–H groups in total. The van der Waals surface area contributed by atoms with E-state index in [1.54, 1.807) is 6.08 Å². The van der Waals surface area contributed by atoms with Gasteiger partial charge in [0.1, 0.15) is 24.4 Å². The molecule has 1 aliphatic heterocycles. The van der Waals surface area contributed by atoms with Gasteiger partial charge < -0.3 is 45.1 Å². The average molecular weight is 1040 g/mol. The smallest absolute Gasteiger partial charge is 0.305 e. The lowest BCUT2D eigenvalue weighted by Crippen LogP contribution is -2.60. The van der Waals surface area contributed by atoms with Gasteiger partial charge in [-0.15, -0.1) is 0 Å². The van der Waals surface area contributed by atoms with Crippen LogP contribution in [0, 0.1) is 0 Å². The van der Waals surface area contributed by atoms with E-state index in [4.69, 9.17) is 14.2 Å². The van der Waals surface area contributed by atoms with Crippen molar-refractivity contribution in [2.24, 2.45) is 0 Å². The Morgan fingerprint density at radius 2 is 0.932 bits per heavy atom. The highest BCUT2D eigenvalue weighted by molar-refractivity contribution is 5.76. The Hall–Kier alpha value is -2.64. The van der Waals surface area contributed by atoms with Crippen LogP contribution in [0.4, 0.5) is 0 Å². The van der Waals surface area contributed by atoms with Crippen LogP contribution in [-0.2, 0) is 23.8 Å². The molecule has 0 spiro atoms. The number of aliphatic hydroxyl groups excluding tert-OH is 5. The zero-order valence-electron chi connectivity index (χ0n) is 47.3. The van der Waals surface area contributed by atoms with Crippen molar-refractivity contribution in [2.45, 2.75) is 307 Å². The third-order valence-electron chi connectivity index (χ3n) is 14.1. The van der Waals surface area contributed by atoms with Crippen LogP contribution in [0.5, 0.6) is 0 Å². The predicted molar refractivity (Wildman–Crippen MR) is 306 cm³/mol. The third kappa shape index (κ3) is 41.5. The van der Waals surface area contributed by atoms with Crippen molar-refractivity contribution in [3.63, 3.8) is 0 Å². The topological polar surface area (TPSA) is 175 Å². The van der Waals surface area contributed by atoms with Crippen LogP contribution in [0.2, 0.25) is 0 Å². The number of nitrogens with one attached hydrogen (secondary N) is 1. The van der Waals surface area contributed by atoms with Crippen LogP contribution in [0.1, 0.15) is 264 Å². The normalized spacial score (nSPS) is 19.3. The maximum atomic E-state index is 13.0. The van der Waals surface area contributed by atoms with E-state index in [-0.39, 0.29) is 18.5 Å². The molecule has 7 atom stereocenters. The Morgan fingerprint density at radius 3 is 1.46 bits per heavy atom. The number of aliphatic hydroxyl groups is 5. The summed E-state index contributed by atoms with van der Waals surface area (Å²) in [7, 11) is 0. The van der Waals surface area contributed by atoms with Crippen LogP contribution in [0.3, 0.4) is 0 Å². The van der Waals surface area contributed by atoms with E-state index in [1.165, 1.54) is 154 Å². The standard InChI is InChI=1S/C63H113NO10/c1-3-5-7-9-11-13-30-35-39-43-47-51-59(68)72-52-48-44-40-36-32-29-27-25-23-21-19-17-15-16-18-20-22-24-26-28-31-34-38-42-46-50-58(67)64-55(54-73-63-62(71)61(70)60(69)57(53-65)74-63)56(66)49-45-41-37-33-14-12-10-8-6-4-2/h9,11,14,16-19,33,45,49,55-57,60-63,65-66,69-71H,3-8,10,12-13,15,20-32,34-44,46-48,50-54H2,1-2H3,(H,64,67)/b11-9-,18-16-,19-17-,33-14+,49-45+. The van der Waals surface area contributed by atoms with Gasteiger partial charge in [-0.2, -0.15) is 0 Å². The average Bonchev–Trinajstić information content (AvgIpc) is 3.40. The number of allylic oxidation sites excluding steroid dienone is 9. The number of esters is 1. The lowest BCUT2D eigenvalue weighted by atomic mass is 9.99. The molecule has 0 radical (unpaired) electrons. The maximum absolute atomic E-state index is 13.0. The molecule has 0 aliphatic carbocycles. The molecular formula is C63H113NO10. The number of unbranched alkanes of at least 4 members (excludes halogenated alkanes) is 30. The number of carbonyl (C=O) groups excluding carboxylic acids is 2. The Labute approximate surface area is 452 Å². The quantitative estimate of drug-likeness (QED) is 0.0195. The van der Waals surface area contributed by atoms with Crippen molar-refractivity contribution in [1.82, 2.24) is 5.32 Å². The van der Waals surface area contributed by atoms with Crippen molar-refractivity contribution >= 4 is 11.9 Å². The number of rotatable bonds is 52. The highest BCUT2D eigenvalue weighted by Crippen LogP contribution is 2.23. The van der Waals surface area contributed by atoms with Crippen molar-refractivity contribution in [1.29, 1.82) is 0 Å². The SMILES string of the molecule is CCCC/C=C\CCCCCCCC(=O)OCCCCCCCCCCC/C=C\C/C=C\CCCCCCCCCCCC(=O)NC(COC1OC(CO)C(O)C(O)C1O)C(O)/C=C/CC/C=C/CCCCCC. The molecule has 1 aliphatic rings. The van der Waals surface area contributed by atoms with E-state index in [1.807, 2.05) is 6.08 Å².